The van der Waals surface area contributed by atoms with E-state index >= 15 is 0 Å². The molecular formula is C23H23N5. The second-order valence-corrected chi connectivity index (χ2v) is 7.42. The lowest BCUT2D eigenvalue weighted by Gasteiger charge is -2.31. The van der Waals surface area contributed by atoms with Gasteiger partial charge in [0.2, 0.25) is 0 Å². The molecule has 0 aromatic carbocycles. The summed E-state index contributed by atoms with van der Waals surface area (Å²) in [6, 6.07) is 14.9. The molecule has 5 heterocycles. The summed E-state index contributed by atoms with van der Waals surface area (Å²) in [5.41, 5.74) is 6.76. The fourth-order valence-electron chi connectivity index (χ4n) is 4.28. The van der Waals surface area contributed by atoms with Gasteiger partial charge in [-0.15, -0.1) is 0 Å². The van der Waals surface area contributed by atoms with Crippen LogP contribution in [-0.2, 0) is 0 Å². The molecule has 1 N–H and O–H groups in total. The monoisotopic (exact) mass is 369 g/mol. The molecule has 5 nitrogen and oxygen atoms in total. The first kappa shape index (κ1) is 17.1. The van der Waals surface area contributed by atoms with Gasteiger partial charge in [-0.1, -0.05) is 12.1 Å². The Labute approximate surface area is 164 Å². The molecule has 0 unspecified atom stereocenters. The van der Waals surface area contributed by atoms with Crippen molar-refractivity contribution in [3.8, 4) is 11.3 Å². The molecule has 1 fully saturated rings. The van der Waals surface area contributed by atoms with Crippen LogP contribution in [0, 0.1) is 6.92 Å². The van der Waals surface area contributed by atoms with Gasteiger partial charge in [0.25, 0.3) is 0 Å². The number of hydrogen-bond donors (Lipinski definition) is 1. The lowest BCUT2D eigenvalue weighted by Crippen LogP contribution is -2.32. The van der Waals surface area contributed by atoms with Gasteiger partial charge in [0.1, 0.15) is 5.65 Å². The van der Waals surface area contributed by atoms with Crippen LogP contribution < -0.4 is 5.32 Å². The predicted octanol–water partition coefficient (Wildman–Crippen LogP) is 4.66. The number of aromatic nitrogens is 4. The molecule has 1 saturated heterocycles. The second-order valence-electron chi connectivity index (χ2n) is 7.42. The quantitative estimate of drug-likeness (QED) is 0.571. The molecule has 1 aliphatic rings. The van der Waals surface area contributed by atoms with Crippen LogP contribution in [0.2, 0.25) is 0 Å². The van der Waals surface area contributed by atoms with Gasteiger partial charge >= 0.3 is 0 Å². The van der Waals surface area contributed by atoms with E-state index in [4.69, 9.17) is 4.98 Å². The van der Waals surface area contributed by atoms with Gasteiger partial charge in [0.05, 0.1) is 29.2 Å². The highest BCUT2D eigenvalue weighted by Crippen LogP contribution is 2.37. The van der Waals surface area contributed by atoms with Crippen molar-refractivity contribution in [3.05, 3.63) is 84.2 Å². The Balaban J connectivity index is 1.58. The molecule has 1 aliphatic heterocycles. The van der Waals surface area contributed by atoms with Crippen LogP contribution in [0.15, 0.2) is 67.3 Å². The molecule has 4 aromatic heterocycles. The summed E-state index contributed by atoms with van der Waals surface area (Å²) in [4.78, 5) is 13.9. The zero-order valence-electron chi connectivity index (χ0n) is 15.9. The van der Waals surface area contributed by atoms with E-state index < -0.39 is 0 Å². The summed E-state index contributed by atoms with van der Waals surface area (Å²) in [7, 11) is 0. The van der Waals surface area contributed by atoms with E-state index in [1.807, 2.05) is 30.7 Å². The number of hydrogen-bond acceptors (Lipinski definition) is 4. The Morgan fingerprint density at radius 3 is 2.57 bits per heavy atom. The van der Waals surface area contributed by atoms with Gasteiger partial charge in [-0.3, -0.25) is 14.4 Å². The summed E-state index contributed by atoms with van der Waals surface area (Å²) >= 11 is 0. The largest absolute Gasteiger partial charge is 0.300 e. The summed E-state index contributed by atoms with van der Waals surface area (Å²) in [5.74, 6) is 0. The summed E-state index contributed by atoms with van der Waals surface area (Å²) in [6.07, 6.45) is 11.0. The average molecular weight is 369 g/mol. The number of aryl methyl sites for hydroxylation is 1. The molecule has 0 bridgehead atoms. The van der Waals surface area contributed by atoms with Crippen molar-refractivity contribution < 1.29 is 0 Å². The Kier molecular flexibility index (Phi) is 4.37. The topological polar surface area (TPSA) is 55.1 Å². The van der Waals surface area contributed by atoms with E-state index in [0.29, 0.717) is 0 Å². The van der Waals surface area contributed by atoms with Gasteiger partial charge in [-0.2, -0.15) is 0 Å². The SMILES string of the molecule is Cc1cccnc1[C@H]1CCC[C@@H](c2nc3ccccn3c2-c2ccncc2)N1. The van der Waals surface area contributed by atoms with Crippen molar-refractivity contribution in [2.45, 2.75) is 38.3 Å². The van der Waals surface area contributed by atoms with E-state index in [2.05, 4.69) is 63.1 Å². The number of fused-ring (bicyclic) bond motifs is 1. The van der Waals surface area contributed by atoms with E-state index in [-0.39, 0.29) is 12.1 Å². The van der Waals surface area contributed by atoms with Crippen molar-refractivity contribution in [3.63, 3.8) is 0 Å². The molecular weight excluding hydrogens is 346 g/mol. The molecule has 4 aromatic rings. The van der Waals surface area contributed by atoms with Gasteiger partial charge < -0.3 is 5.32 Å². The minimum Gasteiger partial charge on any atom is -0.300 e. The summed E-state index contributed by atoms with van der Waals surface area (Å²) in [6.45, 7) is 2.14. The number of nitrogens with one attached hydrogen (secondary N) is 1. The van der Waals surface area contributed by atoms with E-state index in [1.165, 1.54) is 5.56 Å². The highest BCUT2D eigenvalue weighted by molar-refractivity contribution is 5.67. The highest BCUT2D eigenvalue weighted by atomic mass is 15.1. The zero-order valence-corrected chi connectivity index (χ0v) is 15.9. The molecule has 0 amide bonds. The Hall–Kier alpha value is -3.05. The van der Waals surface area contributed by atoms with Crippen molar-refractivity contribution in [1.29, 1.82) is 0 Å². The first-order chi connectivity index (χ1) is 13.8. The number of rotatable bonds is 3. The molecule has 2 atom stereocenters. The van der Waals surface area contributed by atoms with Crippen LogP contribution in [-0.4, -0.2) is 19.4 Å². The molecule has 5 rings (SSSR count). The molecule has 140 valence electrons. The number of nitrogens with zero attached hydrogens (tertiary/aromatic N) is 4. The third kappa shape index (κ3) is 2.98. The lowest BCUT2D eigenvalue weighted by atomic mass is 9.91. The Morgan fingerprint density at radius 2 is 1.75 bits per heavy atom. The van der Waals surface area contributed by atoms with Crippen LogP contribution in [0.5, 0.6) is 0 Å². The summed E-state index contributed by atoms with van der Waals surface area (Å²) < 4.78 is 2.18. The van der Waals surface area contributed by atoms with Crippen molar-refractivity contribution in [2.24, 2.45) is 0 Å². The van der Waals surface area contributed by atoms with Crippen molar-refractivity contribution in [1.82, 2.24) is 24.7 Å². The first-order valence-corrected chi connectivity index (χ1v) is 9.86. The smallest absolute Gasteiger partial charge is 0.137 e. The maximum Gasteiger partial charge on any atom is 0.137 e. The van der Waals surface area contributed by atoms with E-state index in [9.17, 15) is 0 Å². The molecule has 0 saturated carbocycles. The highest BCUT2D eigenvalue weighted by Gasteiger charge is 2.29. The minimum atomic E-state index is 0.197. The molecule has 0 spiro atoms. The fraction of sp³-hybridized carbons (Fsp3) is 0.261. The number of piperidine rings is 1. The van der Waals surface area contributed by atoms with Gasteiger partial charge in [-0.25, -0.2) is 4.98 Å². The Morgan fingerprint density at radius 1 is 0.929 bits per heavy atom. The first-order valence-electron chi connectivity index (χ1n) is 9.86. The maximum atomic E-state index is 5.02. The molecule has 28 heavy (non-hydrogen) atoms. The van der Waals surface area contributed by atoms with Crippen LogP contribution in [0.3, 0.4) is 0 Å². The van der Waals surface area contributed by atoms with Crippen LogP contribution in [0.1, 0.15) is 48.3 Å². The maximum absolute atomic E-state index is 5.02. The van der Waals surface area contributed by atoms with Crippen LogP contribution in [0.4, 0.5) is 0 Å². The van der Waals surface area contributed by atoms with Crippen molar-refractivity contribution >= 4 is 5.65 Å². The molecule has 0 radical (unpaired) electrons. The summed E-state index contributed by atoms with van der Waals surface area (Å²) in [5, 5.41) is 3.84. The standard InChI is InChI=1S/C23H23N5/c1-16-6-5-12-25-21(16)18-7-4-8-19(26-18)22-23(17-10-13-24-14-11-17)28-15-3-2-9-20(28)27-22/h2-3,5-6,9-15,18-19,26H,4,7-8H2,1H3/t18-,19+/m1/s1. The normalized spacial score (nSPS) is 19.8. The van der Waals surface area contributed by atoms with Crippen LogP contribution in [0.25, 0.3) is 16.9 Å². The minimum absolute atomic E-state index is 0.197. The van der Waals surface area contributed by atoms with Crippen LogP contribution >= 0.6 is 0 Å². The van der Waals surface area contributed by atoms with Gasteiger partial charge in [0.15, 0.2) is 0 Å². The third-order valence-electron chi connectivity index (χ3n) is 5.61. The fourth-order valence-corrected chi connectivity index (χ4v) is 4.28. The number of imidazole rings is 1. The third-order valence-corrected chi connectivity index (χ3v) is 5.61. The van der Waals surface area contributed by atoms with Gasteiger partial charge in [-0.05, 0) is 62.1 Å². The molecule has 5 heteroatoms. The number of pyridine rings is 3. The lowest BCUT2D eigenvalue weighted by molar-refractivity contribution is 0.321. The zero-order chi connectivity index (χ0) is 18.9. The van der Waals surface area contributed by atoms with Gasteiger partial charge in [0, 0.05) is 30.4 Å². The average Bonchev–Trinajstić information content (AvgIpc) is 3.14. The van der Waals surface area contributed by atoms with Crippen molar-refractivity contribution in [2.75, 3.05) is 0 Å². The predicted molar refractivity (Wildman–Crippen MR) is 110 cm³/mol. The Bertz CT molecular complexity index is 1100. The van der Waals surface area contributed by atoms with E-state index in [1.54, 1.807) is 0 Å². The second kappa shape index (κ2) is 7.17. The van der Waals surface area contributed by atoms with E-state index in [0.717, 1.165) is 47.6 Å². The molecule has 0 aliphatic carbocycles.